The lowest BCUT2D eigenvalue weighted by Crippen LogP contribution is -2.38. The molecule has 2 aliphatic heterocycles. The van der Waals surface area contributed by atoms with Crippen molar-refractivity contribution in [2.75, 3.05) is 11.4 Å². The highest BCUT2D eigenvalue weighted by Gasteiger charge is 2.50. The number of piperidine rings is 1. The topological polar surface area (TPSA) is 109 Å². The zero-order chi connectivity index (χ0) is 26.1. The average molecular weight is 528 g/mol. The Morgan fingerprint density at radius 3 is 2.51 bits per heavy atom. The van der Waals surface area contributed by atoms with E-state index in [1.807, 2.05) is 25.1 Å². The number of anilines is 1. The highest BCUT2D eigenvalue weighted by atomic mass is 35.5. The van der Waals surface area contributed by atoms with Crippen molar-refractivity contribution < 1.29 is 23.8 Å². The molecule has 2 unspecified atom stereocenters. The van der Waals surface area contributed by atoms with Crippen LogP contribution in [-0.4, -0.2) is 56.3 Å². The number of esters is 2. The van der Waals surface area contributed by atoms with Crippen LogP contribution in [0.5, 0.6) is 0 Å². The summed E-state index contributed by atoms with van der Waals surface area (Å²) < 4.78 is 19.1. The number of imidazole rings is 1. The van der Waals surface area contributed by atoms with Gasteiger partial charge in [0.1, 0.15) is 6.10 Å². The minimum Gasteiger partial charge on any atom is -0.456 e. The Bertz CT molecular complexity index is 1290. The number of halogens is 1. The number of hydrogen-bond donors (Lipinski definition) is 0. The van der Waals surface area contributed by atoms with Crippen LogP contribution < -0.4 is 4.90 Å². The summed E-state index contributed by atoms with van der Waals surface area (Å²) in [6.45, 7) is 5.35. The fraction of sp³-hybridized carbons (Fsp3) is 0.500. The van der Waals surface area contributed by atoms with E-state index >= 15 is 0 Å². The molecule has 11 heteroatoms. The fourth-order valence-electron chi connectivity index (χ4n) is 5.38. The van der Waals surface area contributed by atoms with Crippen LogP contribution in [0.25, 0.3) is 11.2 Å². The largest absolute Gasteiger partial charge is 0.456 e. The Morgan fingerprint density at radius 1 is 1.08 bits per heavy atom. The van der Waals surface area contributed by atoms with E-state index < -0.39 is 36.5 Å². The first-order chi connectivity index (χ1) is 17.9. The van der Waals surface area contributed by atoms with E-state index in [0.29, 0.717) is 23.4 Å². The van der Waals surface area contributed by atoms with E-state index in [2.05, 4.69) is 32.0 Å². The molecular weight excluding hydrogens is 498 g/mol. The number of nitrogens with zero attached hydrogens (tertiary/aromatic N) is 5. The number of aromatic nitrogens is 4. The van der Waals surface area contributed by atoms with Crippen molar-refractivity contribution in [2.24, 2.45) is 0 Å². The molecule has 2 saturated heterocycles. The monoisotopic (exact) mass is 527 g/mol. The molecule has 1 aromatic carbocycles. The summed E-state index contributed by atoms with van der Waals surface area (Å²) in [5.74, 6) is -0.345. The third-order valence-corrected chi connectivity index (χ3v) is 7.07. The molecule has 5 rings (SSSR count). The molecule has 0 N–H and O–H groups in total. The van der Waals surface area contributed by atoms with Crippen molar-refractivity contribution in [1.29, 1.82) is 0 Å². The Morgan fingerprint density at radius 2 is 1.81 bits per heavy atom. The van der Waals surface area contributed by atoms with Gasteiger partial charge < -0.3 is 19.1 Å². The molecule has 3 aromatic rings. The van der Waals surface area contributed by atoms with E-state index in [-0.39, 0.29) is 11.3 Å². The molecule has 0 aliphatic carbocycles. The van der Waals surface area contributed by atoms with E-state index in [1.165, 1.54) is 19.4 Å². The molecule has 0 saturated carbocycles. The summed E-state index contributed by atoms with van der Waals surface area (Å²) in [5, 5.41) is 0.0762. The van der Waals surface area contributed by atoms with Crippen LogP contribution in [0.4, 0.5) is 5.82 Å². The van der Waals surface area contributed by atoms with Gasteiger partial charge in [0.2, 0.25) is 5.28 Å². The number of carbonyl (C=O) groups is 2. The Labute approximate surface area is 219 Å². The quantitative estimate of drug-likeness (QED) is 0.340. The van der Waals surface area contributed by atoms with Crippen LogP contribution in [0.3, 0.4) is 0 Å². The molecule has 0 amide bonds. The first-order valence-electron chi connectivity index (χ1n) is 12.6. The lowest BCUT2D eigenvalue weighted by molar-refractivity contribution is -0.165. The summed E-state index contributed by atoms with van der Waals surface area (Å²) >= 11 is 6.46. The summed E-state index contributed by atoms with van der Waals surface area (Å²) in [7, 11) is 0. The molecule has 10 nitrogen and oxygen atoms in total. The van der Waals surface area contributed by atoms with Gasteiger partial charge in [-0.05, 0) is 42.8 Å². The molecule has 2 fully saturated rings. The highest BCUT2D eigenvalue weighted by Crippen LogP contribution is 2.40. The third-order valence-electron chi connectivity index (χ3n) is 6.90. The van der Waals surface area contributed by atoms with Crippen LogP contribution in [0.15, 0.2) is 36.7 Å². The van der Waals surface area contributed by atoms with Crippen molar-refractivity contribution in [3.8, 4) is 0 Å². The number of fused-ring (bicyclic) bond motifs is 1. The van der Waals surface area contributed by atoms with Gasteiger partial charge in [-0.3, -0.25) is 14.2 Å². The van der Waals surface area contributed by atoms with Gasteiger partial charge in [0.15, 0.2) is 35.4 Å². The zero-order valence-electron chi connectivity index (χ0n) is 21.0. The van der Waals surface area contributed by atoms with Crippen LogP contribution in [0.2, 0.25) is 5.28 Å². The molecule has 5 atom stereocenters. The average Bonchev–Trinajstić information content (AvgIpc) is 3.44. The van der Waals surface area contributed by atoms with E-state index in [4.69, 9.17) is 25.8 Å². The van der Waals surface area contributed by atoms with E-state index in [9.17, 15) is 9.59 Å². The summed E-state index contributed by atoms with van der Waals surface area (Å²) in [5.41, 5.74) is 2.22. The van der Waals surface area contributed by atoms with Crippen molar-refractivity contribution in [3.63, 3.8) is 0 Å². The first-order valence-corrected chi connectivity index (χ1v) is 13.0. The molecule has 0 bridgehead atoms. The Hall–Kier alpha value is -3.24. The molecule has 2 aromatic heterocycles. The second kappa shape index (κ2) is 10.6. The minimum absolute atomic E-state index is 0.0762. The Balaban J connectivity index is 1.57. The highest BCUT2D eigenvalue weighted by molar-refractivity contribution is 6.28. The maximum absolute atomic E-state index is 12.0. The number of hydrogen-bond acceptors (Lipinski definition) is 9. The summed E-state index contributed by atoms with van der Waals surface area (Å²) in [4.78, 5) is 39.8. The number of ether oxygens (including phenoxy) is 3. The van der Waals surface area contributed by atoms with Gasteiger partial charge in [0.25, 0.3) is 0 Å². The maximum atomic E-state index is 12.0. The molecular formula is C26H30ClN5O5. The van der Waals surface area contributed by atoms with E-state index in [0.717, 1.165) is 25.8 Å². The molecule has 2 aliphatic rings. The van der Waals surface area contributed by atoms with Crippen molar-refractivity contribution in [3.05, 3.63) is 47.5 Å². The molecule has 0 spiro atoms. The lowest BCUT2D eigenvalue weighted by Gasteiger charge is -2.37. The van der Waals surface area contributed by atoms with Gasteiger partial charge in [-0.2, -0.15) is 9.97 Å². The standard InChI is InChI=1S/C26H30ClN5O5/c1-4-19-21(35-15(2)33)22(36-16(3)34)25(37-19)32-14-28-20-23(29-26(27)30-24(20)32)31-13-9-8-12-18(31)17-10-6-5-7-11-17/h5-7,10-11,14,18-19,21-22,25H,4,8-9,12-13H2,1-3H3/t18?,19-,21+,22?,25-/m1/s1. The minimum atomic E-state index is -0.881. The molecule has 0 radical (unpaired) electrons. The van der Waals surface area contributed by atoms with Gasteiger partial charge >= 0.3 is 11.9 Å². The van der Waals surface area contributed by atoms with Gasteiger partial charge in [0, 0.05) is 20.4 Å². The van der Waals surface area contributed by atoms with Gasteiger partial charge in [-0.15, -0.1) is 0 Å². The predicted molar refractivity (Wildman–Crippen MR) is 136 cm³/mol. The second-order valence-electron chi connectivity index (χ2n) is 9.38. The first kappa shape index (κ1) is 25.4. The summed E-state index contributed by atoms with van der Waals surface area (Å²) in [6.07, 6.45) is 2.32. The number of benzene rings is 1. The number of carbonyl (C=O) groups excluding carboxylic acids is 2. The Kier molecular flexibility index (Phi) is 7.30. The molecule has 4 heterocycles. The normalized spacial score (nSPS) is 25.8. The zero-order valence-corrected chi connectivity index (χ0v) is 21.8. The van der Waals surface area contributed by atoms with Crippen LogP contribution in [0, 0.1) is 0 Å². The summed E-state index contributed by atoms with van der Waals surface area (Å²) in [6, 6.07) is 10.5. The SMILES string of the molecule is CC[C@H]1O[C@@H](n2cnc3c(N4CCCCC4c4ccccc4)nc(Cl)nc32)C(OC(C)=O)[C@H]1OC(C)=O. The lowest BCUT2D eigenvalue weighted by atomic mass is 9.95. The van der Waals surface area contributed by atoms with Crippen LogP contribution >= 0.6 is 11.6 Å². The van der Waals surface area contributed by atoms with Gasteiger partial charge in [0.05, 0.1) is 12.4 Å². The number of rotatable bonds is 6. The maximum Gasteiger partial charge on any atom is 0.303 e. The van der Waals surface area contributed by atoms with Crippen molar-refractivity contribution >= 4 is 40.5 Å². The predicted octanol–water partition coefficient (Wildman–Crippen LogP) is 4.38. The van der Waals surface area contributed by atoms with Crippen molar-refractivity contribution in [1.82, 2.24) is 19.5 Å². The van der Waals surface area contributed by atoms with Gasteiger partial charge in [-0.25, -0.2) is 4.98 Å². The molecule has 196 valence electrons. The van der Waals surface area contributed by atoms with Gasteiger partial charge in [-0.1, -0.05) is 37.3 Å². The van der Waals surface area contributed by atoms with Crippen molar-refractivity contribution in [2.45, 2.75) is 77.0 Å². The second-order valence-corrected chi connectivity index (χ2v) is 9.72. The van der Waals surface area contributed by atoms with Crippen LogP contribution in [0.1, 0.15) is 64.3 Å². The fourth-order valence-corrected chi connectivity index (χ4v) is 5.54. The van der Waals surface area contributed by atoms with Crippen LogP contribution in [-0.2, 0) is 23.8 Å². The smallest absolute Gasteiger partial charge is 0.303 e. The molecule has 37 heavy (non-hydrogen) atoms. The third kappa shape index (κ3) is 5.00. The van der Waals surface area contributed by atoms with E-state index in [1.54, 1.807) is 10.9 Å².